The second-order valence-electron chi connectivity index (χ2n) is 5.87. The number of aromatic nitrogens is 2. The van der Waals surface area contributed by atoms with E-state index in [2.05, 4.69) is 25.6 Å². The summed E-state index contributed by atoms with van der Waals surface area (Å²) in [5, 5.41) is 6.55. The van der Waals surface area contributed by atoms with Crippen LogP contribution >= 0.6 is 24.0 Å². The Labute approximate surface area is 182 Å². The molecule has 150 valence electrons. The highest BCUT2D eigenvalue weighted by Gasteiger charge is 2.07. The summed E-state index contributed by atoms with van der Waals surface area (Å²) in [6.45, 7) is 3.24. The third-order valence-corrected chi connectivity index (χ3v) is 4.04. The zero-order chi connectivity index (χ0) is 19.1. The fraction of sp³-hybridized carbons (Fsp3) is 0.300. The molecule has 0 bridgehead atoms. The SMILES string of the molecule is CCOc1ccc(NC(=NC)NCCc2nc3ccccc3[nH]2)cc1OC.I. The van der Waals surface area contributed by atoms with Gasteiger partial charge < -0.3 is 25.1 Å². The zero-order valence-electron chi connectivity index (χ0n) is 16.3. The van der Waals surface area contributed by atoms with Crippen LogP contribution in [0.4, 0.5) is 5.69 Å². The summed E-state index contributed by atoms with van der Waals surface area (Å²) in [7, 11) is 3.37. The maximum absolute atomic E-state index is 5.54. The van der Waals surface area contributed by atoms with Gasteiger partial charge in [0, 0.05) is 31.8 Å². The minimum absolute atomic E-state index is 0. The zero-order valence-corrected chi connectivity index (χ0v) is 18.6. The third kappa shape index (κ3) is 5.51. The van der Waals surface area contributed by atoms with Gasteiger partial charge in [-0.15, -0.1) is 24.0 Å². The lowest BCUT2D eigenvalue weighted by molar-refractivity contribution is 0.311. The summed E-state index contributed by atoms with van der Waals surface area (Å²) in [5.74, 6) is 3.03. The molecule has 7 nitrogen and oxygen atoms in total. The van der Waals surface area contributed by atoms with Gasteiger partial charge in [0.2, 0.25) is 0 Å². The van der Waals surface area contributed by atoms with Crippen LogP contribution in [0.5, 0.6) is 11.5 Å². The highest BCUT2D eigenvalue weighted by molar-refractivity contribution is 14.0. The summed E-state index contributed by atoms with van der Waals surface area (Å²) >= 11 is 0. The van der Waals surface area contributed by atoms with E-state index in [1.165, 1.54) is 0 Å². The van der Waals surface area contributed by atoms with Gasteiger partial charge in [0.05, 0.1) is 24.8 Å². The maximum Gasteiger partial charge on any atom is 0.195 e. The molecule has 0 fully saturated rings. The van der Waals surface area contributed by atoms with Crippen LogP contribution in [0.15, 0.2) is 47.5 Å². The van der Waals surface area contributed by atoms with Crippen molar-refractivity contribution in [1.29, 1.82) is 0 Å². The third-order valence-electron chi connectivity index (χ3n) is 4.04. The molecule has 0 aliphatic carbocycles. The van der Waals surface area contributed by atoms with Gasteiger partial charge in [0.25, 0.3) is 0 Å². The van der Waals surface area contributed by atoms with Crippen molar-refractivity contribution in [3.05, 3.63) is 48.3 Å². The Morgan fingerprint density at radius 1 is 1.18 bits per heavy atom. The molecule has 1 heterocycles. The van der Waals surface area contributed by atoms with Gasteiger partial charge in [-0.2, -0.15) is 0 Å². The van der Waals surface area contributed by atoms with Gasteiger partial charge in [-0.05, 0) is 31.2 Å². The number of fused-ring (bicyclic) bond motifs is 1. The first kappa shape index (κ1) is 21.8. The lowest BCUT2D eigenvalue weighted by Crippen LogP contribution is -2.32. The second kappa shape index (κ2) is 10.7. The van der Waals surface area contributed by atoms with Gasteiger partial charge in [0.15, 0.2) is 17.5 Å². The standard InChI is InChI=1S/C20H25N5O2.HI/c1-4-27-17-10-9-14(13-18(17)26-3)23-20(21-2)22-12-11-19-24-15-7-5-6-8-16(15)25-19;/h5-10,13H,4,11-12H2,1-3H3,(H,24,25)(H2,21,22,23);1H. The van der Waals surface area contributed by atoms with E-state index in [9.17, 15) is 0 Å². The molecule has 3 aromatic rings. The van der Waals surface area contributed by atoms with E-state index in [-0.39, 0.29) is 24.0 Å². The van der Waals surface area contributed by atoms with E-state index < -0.39 is 0 Å². The Hall–Kier alpha value is -2.49. The quantitative estimate of drug-likeness (QED) is 0.264. The van der Waals surface area contributed by atoms with Crippen molar-refractivity contribution in [2.24, 2.45) is 4.99 Å². The molecule has 0 aliphatic rings. The molecule has 28 heavy (non-hydrogen) atoms. The number of H-pyrrole nitrogens is 1. The number of aromatic amines is 1. The average Bonchev–Trinajstić information content (AvgIpc) is 3.11. The van der Waals surface area contributed by atoms with Crippen LogP contribution in [-0.2, 0) is 6.42 Å². The van der Waals surface area contributed by atoms with Crippen molar-refractivity contribution in [1.82, 2.24) is 15.3 Å². The van der Waals surface area contributed by atoms with E-state index >= 15 is 0 Å². The monoisotopic (exact) mass is 495 g/mol. The number of para-hydroxylation sites is 2. The number of nitrogens with one attached hydrogen (secondary N) is 3. The van der Waals surface area contributed by atoms with Crippen molar-refractivity contribution >= 4 is 46.7 Å². The van der Waals surface area contributed by atoms with Crippen LogP contribution in [0.25, 0.3) is 11.0 Å². The van der Waals surface area contributed by atoms with E-state index in [1.54, 1.807) is 14.2 Å². The van der Waals surface area contributed by atoms with Gasteiger partial charge in [-0.1, -0.05) is 12.1 Å². The highest BCUT2D eigenvalue weighted by atomic mass is 127. The van der Waals surface area contributed by atoms with Crippen LogP contribution < -0.4 is 20.1 Å². The fourth-order valence-corrected chi connectivity index (χ4v) is 2.76. The summed E-state index contributed by atoms with van der Waals surface area (Å²) < 4.78 is 10.9. The number of hydrogen-bond donors (Lipinski definition) is 3. The number of ether oxygens (including phenoxy) is 2. The largest absolute Gasteiger partial charge is 0.493 e. The second-order valence-corrected chi connectivity index (χ2v) is 5.87. The molecule has 2 aromatic carbocycles. The number of imidazole rings is 1. The number of aliphatic imine (C=N–C) groups is 1. The highest BCUT2D eigenvalue weighted by Crippen LogP contribution is 2.30. The van der Waals surface area contributed by atoms with Gasteiger partial charge >= 0.3 is 0 Å². The van der Waals surface area contributed by atoms with Crippen molar-refractivity contribution < 1.29 is 9.47 Å². The minimum atomic E-state index is 0. The molecule has 0 saturated heterocycles. The maximum atomic E-state index is 5.54. The molecule has 0 amide bonds. The predicted molar refractivity (Wildman–Crippen MR) is 124 cm³/mol. The first-order valence-corrected chi connectivity index (χ1v) is 8.95. The van der Waals surface area contributed by atoms with E-state index in [4.69, 9.17) is 9.47 Å². The van der Waals surface area contributed by atoms with Gasteiger partial charge in [-0.25, -0.2) is 4.98 Å². The molecule has 0 spiro atoms. The molecule has 0 unspecified atom stereocenters. The number of guanidine groups is 1. The summed E-state index contributed by atoms with van der Waals surface area (Å²) in [4.78, 5) is 12.2. The normalized spacial score (nSPS) is 11.0. The Balaban J connectivity index is 0.00000280. The Kier molecular flexibility index (Phi) is 8.37. The van der Waals surface area contributed by atoms with Crippen LogP contribution in [0.2, 0.25) is 0 Å². The molecule has 0 saturated carbocycles. The van der Waals surface area contributed by atoms with Crippen LogP contribution in [0, 0.1) is 0 Å². The van der Waals surface area contributed by atoms with Gasteiger partial charge in [-0.3, -0.25) is 4.99 Å². The molecule has 0 atom stereocenters. The number of nitrogens with zero attached hydrogens (tertiary/aromatic N) is 2. The fourth-order valence-electron chi connectivity index (χ4n) is 2.76. The Morgan fingerprint density at radius 2 is 2.00 bits per heavy atom. The average molecular weight is 495 g/mol. The smallest absolute Gasteiger partial charge is 0.195 e. The topological polar surface area (TPSA) is 83.6 Å². The summed E-state index contributed by atoms with van der Waals surface area (Å²) in [6, 6.07) is 13.7. The van der Waals surface area contributed by atoms with Crippen LogP contribution in [-0.4, -0.2) is 43.2 Å². The molecule has 8 heteroatoms. The number of methoxy groups -OCH3 is 1. The van der Waals surface area contributed by atoms with E-state index in [0.29, 0.717) is 24.9 Å². The molecule has 0 aliphatic heterocycles. The Morgan fingerprint density at radius 3 is 2.71 bits per heavy atom. The summed E-state index contributed by atoms with van der Waals surface area (Å²) in [6.07, 6.45) is 0.766. The Bertz CT molecular complexity index is 893. The number of rotatable bonds is 7. The molecule has 1 aromatic heterocycles. The van der Waals surface area contributed by atoms with Crippen LogP contribution in [0.1, 0.15) is 12.7 Å². The lowest BCUT2D eigenvalue weighted by Gasteiger charge is -2.14. The lowest BCUT2D eigenvalue weighted by atomic mass is 10.2. The number of anilines is 1. The molecule has 3 N–H and O–H groups in total. The first-order valence-electron chi connectivity index (χ1n) is 8.95. The number of halogens is 1. The summed E-state index contributed by atoms with van der Waals surface area (Å²) in [5.41, 5.74) is 2.90. The van der Waals surface area contributed by atoms with Crippen molar-refractivity contribution in [2.45, 2.75) is 13.3 Å². The molecule has 3 rings (SSSR count). The molecule has 0 radical (unpaired) electrons. The van der Waals surface area contributed by atoms with E-state index in [1.807, 2.05) is 49.4 Å². The number of hydrogen-bond acceptors (Lipinski definition) is 4. The predicted octanol–water partition coefficient (Wildman–Crippen LogP) is 3.82. The van der Waals surface area contributed by atoms with Crippen molar-refractivity contribution in [3.8, 4) is 11.5 Å². The molecular weight excluding hydrogens is 469 g/mol. The van der Waals surface area contributed by atoms with Crippen molar-refractivity contribution in [2.75, 3.05) is 32.6 Å². The molecular formula is C20H26IN5O2. The minimum Gasteiger partial charge on any atom is -0.493 e. The van der Waals surface area contributed by atoms with E-state index in [0.717, 1.165) is 34.7 Å². The van der Waals surface area contributed by atoms with Crippen molar-refractivity contribution in [3.63, 3.8) is 0 Å². The first-order chi connectivity index (χ1) is 13.2. The van der Waals surface area contributed by atoms with Gasteiger partial charge in [0.1, 0.15) is 5.82 Å². The number of benzene rings is 2. The van der Waals surface area contributed by atoms with Crippen LogP contribution in [0.3, 0.4) is 0 Å².